The molecular formula is C22H39BrO4. The molecule has 0 spiro atoms. The van der Waals surface area contributed by atoms with Crippen LogP contribution in [0.3, 0.4) is 0 Å². The minimum absolute atomic E-state index is 0.00895. The van der Waals surface area contributed by atoms with Gasteiger partial charge in [-0.1, -0.05) is 48.5 Å². The fraction of sp³-hybridized carbons (Fsp3) is 0.955. The number of hydrogen-bond donors (Lipinski definition) is 0. The Morgan fingerprint density at radius 2 is 1.33 bits per heavy atom. The van der Waals surface area contributed by atoms with Gasteiger partial charge in [0.1, 0.15) is 0 Å². The molecule has 0 aromatic carbocycles. The molecule has 2 aliphatic carbocycles. The molecule has 0 saturated heterocycles. The van der Waals surface area contributed by atoms with Crippen LogP contribution in [0.4, 0.5) is 0 Å². The molecule has 0 aromatic heterocycles. The number of hydrogen-bond acceptors (Lipinski definition) is 4. The van der Waals surface area contributed by atoms with Crippen molar-refractivity contribution < 1.29 is 19.0 Å². The van der Waals surface area contributed by atoms with E-state index < -0.39 is 0 Å². The Balaban J connectivity index is 1.45. The van der Waals surface area contributed by atoms with Crippen LogP contribution in [0.15, 0.2) is 0 Å². The first kappa shape index (κ1) is 23.2. The van der Waals surface area contributed by atoms with E-state index in [4.69, 9.17) is 14.2 Å². The van der Waals surface area contributed by atoms with Gasteiger partial charge in [0.15, 0.2) is 0 Å². The lowest BCUT2D eigenvalue weighted by molar-refractivity contribution is -0.151. The van der Waals surface area contributed by atoms with Crippen LogP contribution in [0.2, 0.25) is 0 Å². The van der Waals surface area contributed by atoms with Crippen LogP contribution < -0.4 is 0 Å². The molecule has 2 saturated carbocycles. The van der Waals surface area contributed by atoms with Gasteiger partial charge in [0.05, 0.1) is 37.9 Å². The third-order valence-corrected chi connectivity index (χ3v) is 6.81. The van der Waals surface area contributed by atoms with Gasteiger partial charge in [-0.3, -0.25) is 4.79 Å². The summed E-state index contributed by atoms with van der Waals surface area (Å²) >= 11 is 3.68. The topological polar surface area (TPSA) is 44.8 Å². The summed E-state index contributed by atoms with van der Waals surface area (Å²) in [6.45, 7) is 4.17. The number of halogens is 1. The van der Waals surface area contributed by atoms with Crippen LogP contribution in [-0.4, -0.2) is 42.8 Å². The summed E-state index contributed by atoms with van der Waals surface area (Å²) in [5, 5.41) is 0. The quantitative estimate of drug-likeness (QED) is 0.216. The van der Waals surface area contributed by atoms with Crippen LogP contribution in [0.25, 0.3) is 0 Å². The van der Waals surface area contributed by atoms with E-state index in [-0.39, 0.29) is 18.0 Å². The van der Waals surface area contributed by atoms with Gasteiger partial charge < -0.3 is 14.2 Å². The van der Waals surface area contributed by atoms with E-state index in [0.29, 0.717) is 30.8 Å². The molecule has 0 unspecified atom stereocenters. The molecule has 4 nitrogen and oxygen atoms in total. The Bertz CT molecular complexity index is 388. The van der Waals surface area contributed by atoms with Gasteiger partial charge in [-0.2, -0.15) is 0 Å². The van der Waals surface area contributed by atoms with E-state index in [2.05, 4.69) is 22.9 Å². The predicted octanol–water partition coefficient (Wildman–Crippen LogP) is 5.80. The Morgan fingerprint density at radius 3 is 1.93 bits per heavy atom. The number of alkyl halides is 1. The minimum Gasteiger partial charge on any atom is -0.465 e. The van der Waals surface area contributed by atoms with Crippen molar-refractivity contribution in [3.63, 3.8) is 0 Å². The molecule has 0 amide bonds. The molecule has 158 valence electrons. The normalized spacial score (nSPS) is 28.8. The highest BCUT2D eigenvalue weighted by Gasteiger charge is 2.27. The van der Waals surface area contributed by atoms with Crippen molar-refractivity contribution in [2.24, 2.45) is 5.92 Å². The Morgan fingerprint density at radius 1 is 0.778 bits per heavy atom. The van der Waals surface area contributed by atoms with E-state index in [9.17, 15) is 4.79 Å². The molecule has 0 heterocycles. The lowest BCUT2D eigenvalue weighted by Gasteiger charge is -2.28. The van der Waals surface area contributed by atoms with Crippen molar-refractivity contribution in [1.29, 1.82) is 0 Å². The highest BCUT2D eigenvalue weighted by Crippen LogP contribution is 2.28. The highest BCUT2D eigenvalue weighted by molar-refractivity contribution is 9.09. The first-order chi connectivity index (χ1) is 13.2. The zero-order valence-electron chi connectivity index (χ0n) is 17.1. The molecule has 0 atom stereocenters. The standard InChI is InChI=1S/C22H39BrO4/c1-2-3-4-5-6-15-27-22(24)18-7-11-20(12-8-18)25-16-17-26-21-13-9-19(23)10-14-21/h18-21H,2-17H2,1H3. The molecule has 2 fully saturated rings. The third kappa shape index (κ3) is 9.76. The second-order valence-electron chi connectivity index (χ2n) is 8.17. The SMILES string of the molecule is CCCCCCCOC(=O)C1CCC(OCCOC2CCC(Br)CC2)CC1. The van der Waals surface area contributed by atoms with Crippen molar-refractivity contribution in [2.45, 2.75) is 107 Å². The van der Waals surface area contributed by atoms with E-state index >= 15 is 0 Å². The van der Waals surface area contributed by atoms with Gasteiger partial charge in [-0.05, 0) is 57.8 Å². The van der Waals surface area contributed by atoms with Crippen molar-refractivity contribution in [3.8, 4) is 0 Å². The molecule has 0 aromatic rings. The second-order valence-corrected chi connectivity index (χ2v) is 9.47. The first-order valence-corrected chi connectivity index (χ1v) is 12.1. The smallest absolute Gasteiger partial charge is 0.308 e. The monoisotopic (exact) mass is 446 g/mol. The van der Waals surface area contributed by atoms with Crippen LogP contribution in [0.1, 0.15) is 90.4 Å². The lowest BCUT2D eigenvalue weighted by atomic mass is 9.87. The van der Waals surface area contributed by atoms with Crippen molar-refractivity contribution in [2.75, 3.05) is 19.8 Å². The number of carbonyl (C=O) groups is 1. The number of carbonyl (C=O) groups excluding carboxylic acids is 1. The van der Waals surface area contributed by atoms with Gasteiger partial charge in [0, 0.05) is 4.83 Å². The van der Waals surface area contributed by atoms with Crippen LogP contribution in [-0.2, 0) is 19.0 Å². The summed E-state index contributed by atoms with van der Waals surface area (Å²) in [5.41, 5.74) is 0. The maximum Gasteiger partial charge on any atom is 0.308 e. The van der Waals surface area contributed by atoms with Crippen molar-refractivity contribution >= 4 is 21.9 Å². The molecular weight excluding hydrogens is 408 g/mol. The largest absolute Gasteiger partial charge is 0.465 e. The molecule has 5 heteroatoms. The Labute approximate surface area is 174 Å². The highest BCUT2D eigenvalue weighted by atomic mass is 79.9. The fourth-order valence-corrected chi connectivity index (χ4v) is 4.61. The van der Waals surface area contributed by atoms with E-state index in [1.807, 2.05) is 0 Å². The van der Waals surface area contributed by atoms with Crippen LogP contribution >= 0.6 is 15.9 Å². The summed E-state index contributed by atoms with van der Waals surface area (Å²) in [6, 6.07) is 0. The summed E-state index contributed by atoms with van der Waals surface area (Å²) in [5.74, 6) is 0.0887. The molecule has 2 aliphatic rings. The summed E-state index contributed by atoms with van der Waals surface area (Å²) in [7, 11) is 0. The number of esters is 1. The van der Waals surface area contributed by atoms with Crippen LogP contribution in [0.5, 0.6) is 0 Å². The van der Waals surface area contributed by atoms with Gasteiger partial charge in [-0.25, -0.2) is 0 Å². The number of unbranched alkanes of at least 4 members (excludes halogenated alkanes) is 4. The Hall–Kier alpha value is -0.130. The van der Waals surface area contributed by atoms with Crippen molar-refractivity contribution in [1.82, 2.24) is 0 Å². The van der Waals surface area contributed by atoms with Gasteiger partial charge in [0.25, 0.3) is 0 Å². The van der Waals surface area contributed by atoms with Crippen LogP contribution in [0, 0.1) is 5.92 Å². The van der Waals surface area contributed by atoms with Gasteiger partial charge in [0.2, 0.25) is 0 Å². The second kappa shape index (κ2) is 13.9. The zero-order valence-corrected chi connectivity index (χ0v) is 18.7. The minimum atomic E-state index is 0.00895. The van der Waals surface area contributed by atoms with Crippen molar-refractivity contribution in [3.05, 3.63) is 0 Å². The maximum absolute atomic E-state index is 12.2. The van der Waals surface area contributed by atoms with Gasteiger partial charge in [-0.15, -0.1) is 0 Å². The summed E-state index contributed by atoms with van der Waals surface area (Å²) in [4.78, 5) is 12.8. The maximum atomic E-state index is 12.2. The summed E-state index contributed by atoms with van der Waals surface area (Å²) < 4.78 is 17.4. The molecule has 0 radical (unpaired) electrons. The lowest BCUT2D eigenvalue weighted by Crippen LogP contribution is -2.29. The molecule has 2 rings (SSSR count). The molecule has 0 N–H and O–H groups in total. The average Bonchev–Trinajstić information content (AvgIpc) is 2.69. The number of rotatable bonds is 12. The Kier molecular flexibility index (Phi) is 12.0. The molecule has 0 aliphatic heterocycles. The van der Waals surface area contributed by atoms with E-state index in [1.165, 1.54) is 38.5 Å². The van der Waals surface area contributed by atoms with E-state index in [0.717, 1.165) is 44.9 Å². The van der Waals surface area contributed by atoms with Gasteiger partial charge >= 0.3 is 5.97 Å². The molecule has 0 bridgehead atoms. The first-order valence-electron chi connectivity index (χ1n) is 11.2. The predicted molar refractivity (Wildman–Crippen MR) is 112 cm³/mol. The third-order valence-electron chi connectivity index (χ3n) is 5.89. The average molecular weight is 447 g/mol. The molecule has 27 heavy (non-hydrogen) atoms. The van der Waals surface area contributed by atoms with E-state index in [1.54, 1.807) is 0 Å². The number of ether oxygens (including phenoxy) is 3. The zero-order chi connectivity index (χ0) is 19.3. The fourth-order valence-electron chi connectivity index (χ4n) is 4.08. The summed E-state index contributed by atoms with van der Waals surface area (Å²) in [6.07, 6.45) is 15.1.